The van der Waals surface area contributed by atoms with Gasteiger partial charge in [0.2, 0.25) is 0 Å². The van der Waals surface area contributed by atoms with Crippen LogP contribution in [0.25, 0.3) is 0 Å². The second kappa shape index (κ2) is 10.8. The van der Waals surface area contributed by atoms with Crippen molar-refractivity contribution in [2.45, 2.75) is 13.5 Å². The molecule has 0 saturated carbocycles. The van der Waals surface area contributed by atoms with Crippen molar-refractivity contribution in [1.82, 2.24) is 10.3 Å². The van der Waals surface area contributed by atoms with Crippen molar-refractivity contribution >= 4 is 11.9 Å². The largest absolute Gasteiger partial charge is 0.497 e. The normalized spacial score (nSPS) is 11.1. The molecule has 1 heterocycles. The van der Waals surface area contributed by atoms with Crippen LogP contribution in [-0.4, -0.2) is 43.8 Å². The number of benzene rings is 1. The van der Waals surface area contributed by atoms with Crippen molar-refractivity contribution in [3.8, 4) is 5.75 Å². The first-order chi connectivity index (χ1) is 12.7. The average Bonchev–Trinajstić information content (AvgIpc) is 2.70. The van der Waals surface area contributed by atoms with Gasteiger partial charge < -0.3 is 14.2 Å². The van der Waals surface area contributed by atoms with E-state index in [0.717, 1.165) is 5.56 Å². The maximum Gasteiger partial charge on any atom is 0.292 e. The Labute approximate surface area is 153 Å². The Morgan fingerprint density at radius 2 is 2.00 bits per heavy atom. The van der Waals surface area contributed by atoms with Gasteiger partial charge in [0.15, 0.2) is 0 Å². The fourth-order valence-electron chi connectivity index (χ4n) is 2.03. The fraction of sp³-hybridized carbons (Fsp3) is 0.316. The summed E-state index contributed by atoms with van der Waals surface area (Å²) in [6.07, 6.45) is 3.41. The summed E-state index contributed by atoms with van der Waals surface area (Å²) in [5, 5.41) is 2.69. The van der Waals surface area contributed by atoms with Crippen LogP contribution in [-0.2, 0) is 16.0 Å². The standard InChI is InChI=1S/C19H23N3O4/c1-3-25-11-12-26-19(21-14-15-5-4-10-20-13-15)22-18(23)16-6-8-17(24-2)9-7-16/h4-10,13H,3,11-12,14H2,1-2H3,(H,21,22,23). The highest BCUT2D eigenvalue weighted by atomic mass is 16.5. The fourth-order valence-corrected chi connectivity index (χ4v) is 2.03. The van der Waals surface area contributed by atoms with E-state index in [-0.39, 0.29) is 11.9 Å². The number of methoxy groups -OCH3 is 1. The molecule has 0 fully saturated rings. The summed E-state index contributed by atoms with van der Waals surface area (Å²) in [5.74, 6) is 0.369. The monoisotopic (exact) mass is 357 g/mol. The molecule has 1 amide bonds. The summed E-state index contributed by atoms with van der Waals surface area (Å²) in [7, 11) is 1.57. The van der Waals surface area contributed by atoms with Crippen LogP contribution in [0, 0.1) is 0 Å². The van der Waals surface area contributed by atoms with E-state index in [4.69, 9.17) is 14.2 Å². The lowest BCUT2D eigenvalue weighted by molar-refractivity contribution is 0.0922. The zero-order valence-electron chi connectivity index (χ0n) is 15.0. The summed E-state index contributed by atoms with van der Waals surface area (Å²) in [6.45, 7) is 3.57. The van der Waals surface area contributed by atoms with Gasteiger partial charge in [0, 0.05) is 24.6 Å². The minimum Gasteiger partial charge on any atom is -0.497 e. The number of rotatable bonds is 8. The molecular weight excluding hydrogens is 334 g/mol. The Morgan fingerprint density at radius 3 is 2.65 bits per heavy atom. The molecule has 0 spiro atoms. The summed E-state index contributed by atoms with van der Waals surface area (Å²) < 4.78 is 15.9. The number of hydrogen-bond donors (Lipinski definition) is 1. The predicted molar refractivity (Wildman–Crippen MR) is 98.3 cm³/mol. The molecule has 1 aromatic carbocycles. The second-order valence-electron chi connectivity index (χ2n) is 5.21. The molecule has 0 unspecified atom stereocenters. The molecular formula is C19H23N3O4. The van der Waals surface area contributed by atoms with Gasteiger partial charge in [-0.1, -0.05) is 6.07 Å². The first-order valence-corrected chi connectivity index (χ1v) is 8.32. The average molecular weight is 357 g/mol. The summed E-state index contributed by atoms with van der Waals surface area (Å²) in [4.78, 5) is 20.8. The molecule has 1 aromatic heterocycles. The number of nitrogens with one attached hydrogen (secondary N) is 1. The predicted octanol–water partition coefficient (Wildman–Crippen LogP) is 2.43. The molecule has 0 radical (unpaired) electrons. The van der Waals surface area contributed by atoms with Crippen molar-refractivity contribution in [2.24, 2.45) is 4.99 Å². The highest BCUT2D eigenvalue weighted by Gasteiger charge is 2.10. The molecule has 0 saturated heterocycles. The van der Waals surface area contributed by atoms with Gasteiger partial charge in [0.1, 0.15) is 12.4 Å². The van der Waals surface area contributed by atoms with Crippen LogP contribution in [0.1, 0.15) is 22.8 Å². The molecule has 1 N–H and O–H groups in total. The highest BCUT2D eigenvalue weighted by molar-refractivity contribution is 6.04. The number of nitrogens with zero attached hydrogens (tertiary/aromatic N) is 2. The number of aromatic nitrogens is 1. The van der Waals surface area contributed by atoms with Gasteiger partial charge in [0.25, 0.3) is 11.9 Å². The smallest absolute Gasteiger partial charge is 0.292 e. The van der Waals surface area contributed by atoms with E-state index in [0.29, 0.717) is 37.7 Å². The third-order valence-corrected chi connectivity index (χ3v) is 3.37. The van der Waals surface area contributed by atoms with Crippen molar-refractivity contribution in [3.05, 3.63) is 59.9 Å². The van der Waals surface area contributed by atoms with E-state index in [1.807, 2.05) is 19.1 Å². The Balaban J connectivity index is 2.02. The van der Waals surface area contributed by atoms with Gasteiger partial charge in [-0.15, -0.1) is 0 Å². The number of amidine groups is 1. The Bertz CT molecular complexity index is 702. The Morgan fingerprint density at radius 1 is 1.19 bits per heavy atom. The van der Waals surface area contributed by atoms with Crippen molar-refractivity contribution in [3.63, 3.8) is 0 Å². The van der Waals surface area contributed by atoms with Gasteiger partial charge in [-0.2, -0.15) is 0 Å². The maximum absolute atomic E-state index is 12.4. The molecule has 0 aliphatic carbocycles. The number of carbonyl (C=O) groups excluding carboxylic acids is 1. The van der Waals surface area contributed by atoms with E-state index < -0.39 is 0 Å². The van der Waals surface area contributed by atoms with Crippen LogP contribution in [0.3, 0.4) is 0 Å². The van der Waals surface area contributed by atoms with Gasteiger partial charge in [0.05, 0.1) is 20.3 Å². The molecule has 26 heavy (non-hydrogen) atoms. The molecule has 0 bridgehead atoms. The summed E-state index contributed by atoms with van der Waals surface area (Å²) >= 11 is 0. The minimum atomic E-state index is -0.311. The van der Waals surface area contributed by atoms with Crippen LogP contribution in [0.5, 0.6) is 5.75 Å². The third kappa shape index (κ3) is 6.52. The molecule has 7 nitrogen and oxygen atoms in total. The van der Waals surface area contributed by atoms with Gasteiger partial charge in [-0.25, -0.2) is 4.99 Å². The first-order valence-electron chi connectivity index (χ1n) is 8.32. The molecule has 0 aliphatic rings. The number of ether oxygens (including phenoxy) is 3. The van der Waals surface area contributed by atoms with E-state index in [9.17, 15) is 4.79 Å². The minimum absolute atomic E-state index is 0.148. The van der Waals surface area contributed by atoms with E-state index in [1.165, 1.54) is 0 Å². The van der Waals surface area contributed by atoms with E-state index in [2.05, 4.69) is 15.3 Å². The Kier molecular flexibility index (Phi) is 8.08. The molecule has 7 heteroatoms. The molecule has 2 rings (SSSR count). The van der Waals surface area contributed by atoms with Crippen LogP contribution in [0.4, 0.5) is 0 Å². The molecule has 138 valence electrons. The lowest BCUT2D eigenvalue weighted by atomic mass is 10.2. The van der Waals surface area contributed by atoms with Crippen molar-refractivity contribution in [1.29, 1.82) is 0 Å². The van der Waals surface area contributed by atoms with Crippen molar-refractivity contribution < 1.29 is 19.0 Å². The Hall–Kier alpha value is -2.93. The van der Waals surface area contributed by atoms with Crippen LogP contribution in [0.2, 0.25) is 0 Å². The van der Waals surface area contributed by atoms with Crippen LogP contribution >= 0.6 is 0 Å². The lowest BCUT2D eigenvalue weighted by Crippen LogP contribution is -2.33. The number of aliphatic imine (C=N–C) groups is 1. The van der Waals surface area contributed by atoms with Gasteiger partial charge >= 0.3 is 0 Å². The highest BCUT2D eigenvalue weighted by Crippen LogP contribution is 2.11. The number of carbonyl (C=O) groups is 1. The SMILES string of the molecule is CCOCCOC(=NCc1cccnc1)NC(=O)c1ccc(OC)cc1. The maximum atomic E-state index is 12.4. The quantitative estimate of drug-likeness (QED) is 0.446. The van der Waals surface area contributed by atoms with Gasteiger partial charge in [-0.05, 0) is 42.8 Å². The lowest BCUT2D eigenvalue weighted by Gasteiger charge is -2.11. The second-order valence-corrected chi connectivity index (χ2v) is 5.21. The zero-order valence-corrected chi connectivity index (χ0v) is 15.0. The summed E-state index contributed by atoms with van der Waals surface area (Å²) in [6, 6.07) is 10.7. The van der Waals surface area contributed by atoms with Crippen LogP contribution in [0.15, 0.2) is 53.8 Å². The topological polar surface area (TPSA) is 82.0 Å². The third-order valence-electron chi connectivity index (χ3n) is 3.37. The molecule has 0 aliphatic heterocycles. The number of pyridine rings is 1. The summed E-state index contributed by atoms with van der Waals surface area (Å²) in [5.41, 5.74) is 1.39. The first kappa shape index (κ1) is 19.4. The molecule has 2 aromatic rings. The molecule has 0 atom stereocenters. The van der Waals surface area contributed by atoms with E-state index >= 15 is 0 Å². The number of hydrogen-bond acceptors (Lipinski definition) is 6. The van der Waals surface area contributed by atoms with Crippen molar-refractivity contribution in [2.75, 3.05) is 26.9 Å². The van der Waals surface area contributed by atoms with E-state index in [1.54, 1.807) is 43.8 Å². The number of amides is 1. The van der Waals surface area contributed by atoms with Gasteiger partial charge in [-0.3, -0.25) is 15.1 Å². The van der Waals surface area contributed by atoms with Crippen LogP contribution < -0.4 is 10.1 Å². The zero-order chi connectivity index (χ0) is 18.6.